The highest BCUT2D eigenvalue weighted by atomic mass is 32.2. The molecule has 1 aromatic carbocycles. The van der Waals surface area contributed by atoms with E-state index in [1.165, 1.54) is 11.8 Å². The monoisotopic (exact) mass is 289 g/mol. The lowest BCUT2D eigenvalue weighted by Crippen LogP contribution is -2.31. The highest BCUT2D eigenvalue weighted by molar-refractivity contribution is 8.00. The summed E-state index contributed by atoms with van der Waals surface area (Å²) in [6.07, 6.45) is 0.942. The van der Waals surface area contributed by atoms with Crippen molar-refractivity contribution in [3.63, 3.8) is 0 Å². The average Bonchev–Trinajstić information content (AvgIpc) is 2.45. The standard InChI is InChI=1S/C15H19N3OS/c1-4-9-16-14(19)11(3)20-15-10(2)17-12-7-5-6-8-13(12)18-15/h5-8,11H,4,9H2,1-3H3,(H,16,19)/t11-/m0/s1. The second-order valence-electron chi connectivity index (χ2n) is 4.65. The van der Waals surface area contributed by atoms with Crippen molar-refractivity contribution in [2.24, 2.45) is 0 Å². The number of hydrogen-bond donors (Lipinski definition) is 1. The van der Waals surface area contributed by atoms with E-state index in [0.29, 0.717) is 6.54 Å². The van der Waals surface area contributed by atoms with Crippen molar-refractivity contribution in [2.45, 2.75) is 37.5 Å². The van der Waals surface area contributed by atoms with Crippen molar-refractivity contribution in [1.29, 1.82) is 0 Å². The molecular formula is C15H19N3OS. The highest BCUT2D eigenvalue weighted by Gasteiger charge is 2.16. The molecule has 0 saturated carbocycles. The molecule has 1 atom stereocenters. The molecule has 4 nitrogen and oxygen atoms in total. The lowest BCUT2D eigenvalue weighted by molar-refractivity contribution is -0.120. The summed E-state index contributed by atoms with van der Waals surface area (Å²) >= 11 is 1.46. The summed E-state index contributed by atoms with van der Waals surface area (Å²) < 4.78 is 0. The number of nitrogens with zero attached hydrogens (tertiary/aromatic N) is 2. The Morgan fingerprint density at radius 3 is 2.60 bits per heavy atom. The van der Waals surface area contributed by atoms with E-state index in [4.69, 9.17) is 0 Å². The number of carbonyl (C=O) groups excluding carboxylic acids is 1. The van der Waals surface area contributed by atoms with Gasteiger partial charge in [0, 0.05) is 6.54 Å². The molecule has 5 heteroatoms. The molecule has 0 unspecified atom stereocenters. The molecule has 0 aliphatic carbocycles. The first kappa shape index (κ1) is 14.8. The van der Waals surface area contributed by atoms with Crippen LogP contribution in [0.5, 0.6) is 0 Å². The van der Waals surface area contributed by atoms with Crippen LogP contribution in [-0.2, 0) is 4.79 Å². The number of hydrogen-bond acceptors (Lipinski definition) is 4. The molecule has 1 aromatic heterocycles. The first-order chi connectivity index (χ1) is 9.61. The van der Waals surface area contributed by atoms with E-state index in [1.54, 1.807) is 0 Å². The number of amides is 1. The van der Waals surface area contributed by atoms with Gasteiger partial charge in [-0.3, -0.25) is 4.79 Å². The molecule has 0 radical (unpaired) electrons. The Balaban J connectivity index is 2.16. The SMILES string of the molecule is CCCNC(=O)[C@H](C)Sc1nc2ccccc2nc1C. The summed E-state index contributed by atoms with van der Waals surface area (Å²) in [5.74, 6) is 0.0474. The maximum Gasteiger partial charge on any atom is 0.233 e. The third-order valence-electron chi connectivity index (χ3n) is 2.91. The highest BCUT2D eigenvalue weighted by Crippen LogP contribution is 2.25. The number of aromatic nitrogens is 2. The summed E-state index contributed by atoms with van der Waals surface area (Å²) in [7, 11) is 0. The van der Waals surface area contributed by atoms with E-state index < -0.39 is 0 Å². The molecule has 2 aromatic rings. The van der Waals surface area contributed by atoms with E-state index in [1.807, 2.05) is 45.0 Å². The van der Waals surface area contributed by atoms with Gasteiger partial charge in [0.25, 0.3) is 0 Å². The average molecular weight is 289 g/mol. The van der Waals surface area contributed by atoms with E-state index in [0.717, 1.165) is 28.2 Å². The fourth-order valence-electron chi connectivity index (χ4n) is 1.80. The Kier molecular flexibility index (Phi) is 4.95. The van der Waals surface area contributed by atoms with Gasteiger partial charge in [-0.15, -0.1) is 0 Å². The maximum absolute atomic E-state index is 11.9. The van der Waals surface area contributed by atoms with Crippen LogP contribution in [0.15, 0.2) is 29.3 Å². The molecule has 0 aliphatic rings. The van der Waals surface area contributed by atoms with Crippen LogP contribution < -0.4 is 5.32 Å². The molecule has 0 aliphatic heterocycles. The van der Waals surface area contributed by atoms with Crippen LogP contribution in [0, 0.1) is 6.92 Å². The first-order valence-electron chi connectivity index (χ1n) is 6.79. The number of thioether (sulfide) groups is 1. The second kappa shape index (κ2) is 6.70. The van der Waals surface area contributed by atoms with Gasteiger partial charge in [0.1, 0.15) is 5.03 Å². The molecular weight excluding hydrogens is 270 g/mol. The van der Waals surface area contributed by atoms with Gasteiger partial charge in [-0.25, -0.2) is 9.97 Å². The minimum atomic E-state index is -0.171. The number of rotatable bonds is 5. The van der Waals surface area contributed by atoms with Gasteiger partial charge in [-0.2, -0.15) is 0 Å². The van der Waals surface area contributed by atoms with Gasteiger partial charge in [-0.1, -0.05) is 30.8 Å². The van der Waals surface area contributed by atoms with Crippen LogP contribution in [0.1, 0.15) is 26.0 Å². The lowest BCUT2D eigenvalue weighted by Gasteiger charge is -2.12. The van der Waals surface area contributed by atoms with Gasteiger partial charge in [0.15, 0.2) is 0 Å². The van der Waals surface area contributed by atoms with Crippen molar-refractivity contribution in [3.8, 4) is 0 Å². The predicted octanol–water partition coefficient (Wildman–Crippen LogP) is 2.95. The van der Waals surface area contributed by atoms with Crippen LogP contribution in [0.2, 0.25) is 0 Å². The van der Waals surface area contributed by atoms with Crippen LogP contribution in [-0.4, -0.2) is 27.7 Å². The smallest absolute Gasteiger partial charge is 0.233 e. The zero-order valence-corrected chi connectivity index (χ0v) is 12.8. The second-order valence-corrected chi connectivity index (χ2v) is 5.98. The molecule has 1 heterocycles. The van der Waals surface area contributed by atoms with Gasteiger partial charge in [0.2, 0.25) is 5.91 Å². The summed E-state index contributed by atoms with van der Waals surface area (Å²) in [5, 5.41) is 3.55. The quantitative estimate of drug-likeness (QED) is 0.860. The third-order valence-corrected chi connectivity index (χ3v) is 4.09. The fraction of sp³-hybridized carbons (Fsp3) is 0.400. The van der Waals surface area contributed by atoms with Gasteiger partial charge < -0.3 is 5.32 Å². The van der Waals surface area contributed by atoms with Crippen LogP contribution in [0.4, 0.5) is 0 Å². The maximum atomic E-state index is 11.9. The fourth-order valence-corrected chi connectivity index (χ4v) is 2.69. The van der Waals surface area contributed by atoms with E-state index >= 15 is 0 Å². The Morgan fingerprint density at radius 2 is 1.95 bits per heavy atom. The topological polar surface area (TPSA) is 54.9 Å². The summed E-state index contributed by atoms with van der Waals surface area (Å²) in [6, 6.07) is 7.77. The number of fused-ring (bicyclic) bond motifs is 1. The Morgan fingerprint density at radius 1 is 1.30 bits per heavy atom. The van der Waals surface area contributed by atoms with Crippen molar-refractivity contribution in [3.05, 3.63) is 30.0 Å². The van der Waals surface area contributed by atoms with E-state index in [2.05, 4.69) is 15.3 Å². The Hall–Kier alpha value is -1.62. The molecule has 106 valence electrons. The van der Waals surface area contributed by atoms with Gasteiger partial charge >= 0.3 is 0 Å². The molecule has 0 bridgehead atoms. The summed E-state index contributed by atoms with van der Waals surface area (Å²) in [6.45, 7) is 6.58. The largest absolute Gasteiger partial charge is 0.355 e. The molecule has 1 N–H and O–H groups in total. The van der Waals surface area contributed by atoms with Crippen LogP contribution in [0.25, 0.3) is 11.0 Å². The number of benzene rings is 1. The Labute approximate surface area is 123 Å². The zero-order chi connectivity index (χ0) is 14.5. The first-order valence-corrected chi connectivity index (χ1v) is 7.67. The molecule has 1 amide bonds. The number of para-hydroxylation sites is 2. The third kappa shape index (κ3) is 3.48. The minimum Gasteiger partial charge on any atom is -0.355 e. The molecule has 2 rings (SSSR count). The summed E-state index contributed by atoms with van der Waals surface area (Å²) in [4.78, 5) is 21.0. The number of carbonyl (C=O) groups is 1. The van der Waals surface area contributed by atoms with E-state index in [9.17, 15) is 4.79 Å². The van der Waals surface area contributed by atoms with Crippen LogP contribution >= 0.6 is 11.8 Å². The zero-order valence-electron chi connectivity index (χ0n) is 12.0. The normalized spacial score (nSPS) is 12.3. The number of nitrogens with one attached hydrogen (secondary N) is 1. The predicted molar refractivity (Wildman–Crippen MR) is 82.9 cm³/mol. The molecule has 0 spiro atoms. The summed E-state index contributed by atoms with van der Waals surface area (Å²) in [5.41, 5.74) is 2.61. The molecule has 0 saturated heterocycles. The minimum absolute atomic E-state index is 0.0474. The van der Waals surface area contributed by atoms with Gasteiger partial charge in [-0.05, 0) is 32.4 Å². The van der Waals surface area contributed by atoms with Crippen LogP contribution in [0.3, 0.4) is 0 Å². The van der Waals surface area contributed by atoms with Crippen molar-refractivity contribution >= 4 is 28.7 Å². The number of aryl methyl sites for hydroxylation is 1. The Bertz CT molecular complexity index is 615. The lowest BCUT2D eigenvalue weighted by atomic mass is 10.3. The molecule has 0 fully saturated rings. The van der Waals surface area contributed by atoms with Crippen molar-refractivity contribution in [2.75, 3.05) is 6.54 Å². The van der Waals surface area contributed by atoms with Crippen molar-refractivity contribution in [1.82, 2.24) is 15.3 Å². The van der Waals surface area contributed by atoms with Gasteiger partial charge in [0.05, 0.1) is 22.0 Å². The van der Waals surface area contributed by atoms with E-state index in [-0.39, 0.29) is 11.2 Å². The van der Waals surface area contributed by atoms with Crippen molar-refractivity contribution < 1.29 is 4.79 Å². The molecule has 20 heavy (non-hydrogen) atoms.